The van der Waals surface area contributed by atoms with Gasteiger partial charge in [0.25, 0.3) is 0 Å². The van der Waals surface area contributed by atoms with Crippen LogP contribution in [0.3, 0.4) is 0 Å². The summed E-state index contributed by atoms with van der Waals surface area (Å²) in [6.07, 6.45) is 1.57. The molecule has 1 heterocycles. The molecule has 0 aliphatic carbocycles. The lowest BCUT2D eigenvalue weighted by Gasteiger charge is -2.04. The Morgan fingerprint density at radius 1 is 1.67 bits per heavy atom. The van der Waals surface area contributed by atoms with E-state index in [0.29, 0.717) is 22.3 Å². The van der Waals surface area contributed by atoms with Crippen LogP contribution in [-0.2, 0) is 9.53 Å². The van der Waals surface area contributed by atoms with Gasteiger partial charge in [-0.15, -0.1) is 11.8 Å². The number of esters is 1. The van der Waals surface area contributed by atoms with Crippen LogP contribution in [0, 0.1) is 0 Å². The number of amides is 2. The monoisotopic (exact) mass is 230 g/mol. The van der Waals surface area contributed by atoms with Crippen molar-refractivity contribution in [2.75, 3.05) is 7.11 Å². The second kappa shape index (κ2) is 5.06. The van der Waals surface area contributed by atoms with Gasteiger partial charge in [0.15, 0.2) is 0 Å². The molecule has 0 saturated carbocycles. The number of rotatable bonds is 3. The third-order valence-corrected chi connectivity index (χ3v) is 3.57. The molecule has 1 unspecified atom stereocenters. The van der Waals surface area contributed by atoms with Crippen molar-refractivity contribution < 1.29 is 14.3 Å². The second-order valence-electron chi connectivity index (χ2n) is 3.14. The van der Waals surface area contributed by atoms with Gasteiger partial charge in [-0.2, -0.15) is 0 Å². The fraction of sp³-hybridized carbons (Fsp3) is 0.556. The smallest absolute Gasteiger partial charge is 0.346 e. The van der Waals surface area contributed by atoms with Gasteiger partial charge < -0.3 is 15.8 Å². The number of nitrogens with one attached hydrogen (secondary N) is 1. The Hall–Kier alpha value is -1.17. The first-order chi connectivity index (χ1) is 7.08. The summed E-state index contributed by atoms with van der Waals surface area (Å²) in [4.78, 5) is 22.6. The standard InChI is InChI=1S/C9H14N2O3S/c1-3-5-4-6(11-9(10)13)7(15-5)8(12)14-2/h5H,3-4H2,1-2H3,(H3,10,11,13). The molecule has 2 amide bonds. The molecule has 15 heavy (non-hydrogen) atoms. The lowest BCUT2D eigenvalue weighted by molar-refractivity contribution is -0.135. The Labute approximate surface area is 92.4 Å². The maximum absolute atomic E-state index is 11.4. The van der Waals surface area contributed by atoms with E-state index >= 15 is 0 Å². The molecule has 84 valence electrons. The molecule has 0 aromatic carbocycles. The van der Waals surface area contributed by atoms with Gasteiger partial charge in [-0.1, -0.05) is 6.92 Å². The third-order valence-electron chi connectivity index (χ3n) is 2.09. The SMILES string of the molecule is CCC1CC(NC(N)=O)=C(C(=O)OC)S1. The number of hydrogen-bond acceptors (Lipinski definition) is 4. The normalized spacial score (nSPS) is 20.3. The molecule has 0 saturated heterocycles. The van der Waals surface area contributed by atoms with Crippen LogP contribution < -0.4 is 11.1 Å². The first-order valence-corrected chi connectivity index (χ1v) is 5.51. The van der Waals surface area contributed by atoms with E-state index < -0.39 is 12.0 Å². The molecule has 0 bridgehead atoms. The molecular weight excluding hydrogens is 216 g/mol. The third kappa shape index (κ3) is 2.89. The first-order valence-electron chi connectivity index (χ1n) is 4.63. The van der Waals surface area contributed by atoms with Crippen LogP contribution in [0.5, 0.6) is 0 Å². The van der Waals surface area contributed by atoms with Gasteiger partial charge in [0.05, 0.1) is 7.11 Å². The van der Waals surface area contributed by atoms with Gasteiger partial charge in [-0.05, 0) is 6.42 Å². The molecular formula is C9H14N2O3S. The molecule has 6 heteroatoms. The summed E-state index contributed by atoms with van der Waals surface area (Å²) in [6, 6.07) is -0.649. The van der Waals surface area contributed by atoms with Crippen molar-refractivity contribution >= 4 is 23.8 Å². The number of methoxy groups -OCH3 is 1. The molecule has 3 N–H and O–H groups in total. The largest absolute Gasteiger partial charge is 0.465 e. The Balaban J connectivity index is 2.81. The van der Waals surface area contributed by atoms with Crippen molar-refractivity contribution in [2.24, 2.45) is 5.73 Å². The van der Waals surface area contributed by atoms with Crippen molar-refractivity contribution in [3.8, 4) is 0 Å². The Morgan fingerprint density at radius 3 is 2.80 bits per heavy atom. The molecule has 1 aliphatic rings. The van der Waals surface area contributed by atoms with Crippen molar-refractivity contribution in [1.29, 1.82) is 0 Å². The van der Waals surface area contributed by atoms with Gasteiger partial charge in [0.1, 0.15) is 4.91 Å². The number of urea groups is 1. The number of carbonyl (C=O) groups is 2. The molecule has 0 aromatic heterocycles. The van der Waals surface area contributed by atoms with E-state index in [4.69, 9.17) is 5.73 Å². The molecule has 0 spiro atoms. The van der Waals surface area contributed by atoms with Crippen LogP contribution in [0.4, 0.5) is 4.79 Å². The van der Waals surface area contributed by atoms with Gasteiger partial charge >= 0.3 is 12.0 Å². The van der Waals surface area contributed by atoms with Crippen LogP contribution in [0.15, 0.2) is 10.6 Å². The van der Waals surface area contributed by atoms with Crippen LogP contribution in [0.25, 0.3) is 0 Å². The van der Waals surface area contributed by atoms with Crippen molar-refractivity contribution in [3.05, 3.63) is 10.6 Å². The summed E-state index contributed by atoms with van der Waals surface area (Å²) in [5.41, 5.74) is 5.59. The zero-order valence-corrected chi connectivity index (χ0v) is 9.52. The summed E-state index contributed by atoms with van der Waals surface area (Å²) in [5.74, 6) is -0.417. The van der Waals surface area contributed by atoms with E-state index in [1.54, 1.807) is 0 Å². The number of ether oxygens (including phenoxy) is 1. The van der Waals surface area contributed by atoms with Gasteiger partial charge in [-0.3, -0.25) is 0 Å². The molecule has 0 radical (unpaired) electrons. The zero-order valence-electron chi connectivity index (χ0n) is 8.70. The fourth-order valence-corrected chi connectivity index (χ4v) is 2.55. The minimum Gasteiger partial charge on any atom is -0.465 e. The van der Waals surface area contributed by atoms with Crippen molar-refractivity contribution in [1.82, 2.24) is 5.32 Å². The maximum Gasteiger partial charge on any atom is 0.346 e. The average Bonchev–Trinajstić information content (AvgIpc) is 2.59. The predicted octanol–water partition coefficient (Wildman–Crippen LogP) is 0.955. The highest BCUT2D eigenvalue weighted by atomic mass is 32.2. The van der Waals surface area contributed by atoms with E-state index in [2.05, 4.69) is 10.1 Å². The Morgan fingerprint density at radius 2 is 2.33 bits per heavy atom. The Bertz CT molecular complexity index is 314. The molecule has 5 nitrogen and oxygen atoms in total. The Kier molecular flexibility index (Phi) is 4.02. The van der Waals surface area contributed by atoms with Gasteiger partial charge in [-0.25, -0.2) is 9.59 Å². The number of hydrogen-bond donors (Lipinski definition) is 2. The molecule has 0 aromatic rings. The van der Waals surface area contributed by atoms with Crippen LogP contribution in [0.1, 0.15) is 19.8 Å². The number of carbonyl (C=O) groups excluding carboxylic acids is 2. The highest BCUT2D eigenvalue weighted by Gasteiger charge is 2.29. The quantitative estimate of drug-likeness (QED) is 0.707. The lowest BCUT2D eigenvalue weighted by Crippen LogP contribution is -2.29. The van der Waals surface area contributed by atoms with Crippen molar-refractivity contribution in [2.45, 2.75) is 25.0 Å². The first kappa shape index (κ1) is 11.9. The van der Waals surface area contributed by atoms with Crippen LogP contribution in [-0.4, -0.2) is 24.4 Å². The summed E-state index contributed by atoms with van der Waals surface area (Å²) in [5, 5.41) is 2.77. The van der Waals surface area contributed by atoms with Gasteiger partial charge in [0, 0.05) is 17.4 Å². The van der Waals surface area contributed by atoms with E-state index in [0.717, 1.165) is 6.42 Å². The fourth-order valence-electron chi connectivity index (χ4n) is 1.35. The summed E-state index contributed by atoms with van der Waals surface area (Å²) >= 11 is 1.43. The van der Waals surface area contributed by atoms with Gasteiger partial charge in [0.2, 0.25) is 0 Å². The second-order valence-corrected chi connectivity index (χ2v) is 4.45. The van der Waals surface area contributed by atoms with E-state index in [1.165, 1.54) is 18.9 Å². The predicted molar refractivity (Wildman–Crippen MR) is 58.0 cm³/mol. The molecule has 0 fully saturated rings. The number of nitrogens with two attached hydrogens (primary N) is 1. The number of thioether (sulfide) groups is 1. The molecule has 1 aliphatic heterocycles. The minimum atomic E-state index is -0.649. The lowest BCUT2D eigenvalue weighted by atomic mass is 10.2. The summed E-state index contributed by atoms with van der Waals surface area (Å²) in [6.45, 7) is 2.03. The summed E-state index contributed by atoms with van der Waals surface area (Å²) < 4.78 is 4.63. The molecule has 1 rings (SSSR count). The number of primary amides is 1. The summed E-state index contributed by atoms with van der Waals surface area (Å²) in [7, 11) is 1.32. The van der Waals surface area contributed by atoms with E-state index in [1.807, 2.05) is 6.92 Å². The van der Waals surface area contributed by atoms with E-state index in [-0.39, 0.29) is 0 Å². The maximum atomic E-state index is 11.4. The highest BCUT2D eigenvalue weighted by Crippen LogP contribution is 2.38. The van der Waals surface area contributed by atoms with Crippen LogP contribution in [0.2, 0.25) is 0 Å². The van der Waals surface area contributed by atoms with Crippen molar-refractivity contribution in [3.63, 3.8) is 0 Å². The topological polar surface area (TPSA) is 81.4 Å². The molecule has 1 atom stereocenters. The number of allylic oxidation sites excluding steroid dienone is 1. The zero-order chi connectivity index (χ0) is 11.4. The minimum absolute atomic E-state index is 0.306. The van der Waals surface area contributed by atoms with Crippen LogP contribution >= 0.6 is 11.8 Å². The van der Waals surface area contributed by atoms with E-state index in [9.17, 15) is 9.59 Å². The average molecular weight is 230 g/mol. The highest BCUT2D eigenvalue weighted by molar-refractivity contribution is 8.04.